The van der Waals surface area contributed by atoms with Crippen LogP contribution >= 0.6 is 0 Å². The van der Waals surface area contributed by atoms with E-state index in [4.69, 9.17) is 0 Å². The number of carbonyl (C=O) groups is 1. The molecule has 0 fully saturated rings. The molecule has 1 aliphatic heterocycles. The summed E-state index contributed by atoms with van der Waals surface area (Å²) < 4.78 is 0. The monoisotopic (exact) mass is 246 g/mol. The highest BCUT2D eigenvalue weighted by Crippen LogP contribution is 2.25. The highest BCUT2D eigenvalue weighted by atomic mass is 16.1. The van der Waals surface area contributed by atoms with Crippen LogP contribution in [0.4, 0.5) is 5.69 Å². The number of hydrogen-bond donors (Lipinski definition) is 2. The van der Waals surface area contributed by atoms with Gasteiger partial charge in [-0.2, -0.15) is 0 Å². The molecule has 3 heteroatoms. The van der Waals surface area contributed by atoms with Gasteiger partial charge in [-0.15, -0.1) is 0 Å². The maximum atomic E-state index is 12.3. The number of benzene rings is 1. The van der Waals surface area contributed by atoms with Crippen molar-refractivity contribution in [3.8, 4) is 0 Å². The Hall–Kier alpha value is -1.51. The number of carbonyl (C=O) groups excluding carboxylic acids is 1. The van der Waals surface area contributed by atoms with Crippen LogP contribution in [0.5, 0.6) is 0 Å². The number of amides is 1. The Bertz CT molecular complexity index is 425. The number of anilines is 1. The fourth-order valence-electron chi connectivity index (χ4n) is 2.48. The van der Waals surface area contributed by atoms with Gasteiger partial charge in [0, 0.05) is 23.8 Å². The Balaban J connectivity index is 2.20. The van der Waals surface area contributed by atoms with Crippen LogP contribution in [-0.2, 0) is 6.42 Å². The van der Waals surface area contributed by atoms with Gasteiger partial charge < -0.3 is 10.6 Å². The van der Waals surface area contributed by atoms with Crippen molar-refractivity contribution in [3.63, 3.8) is 0 Å². The van der Waals surface area contributed by atoms with Crippen molar-refractivity contribution in [3.05, 3.63) is 29.3 Å². The quantitative estimate of drug-likeness (QED) is 0.857. The first kappa shape index (κ1) is 12.9. The van der Waals surface area contributed by atoms with Crippen LogP contribution in [0.15, 0.2) is 18.2 Å². The Labute approximate surface area is 109 Å². The highest BCUT2D eigenvalue weighted by molar-refractivity contribution is 5.97. The minimum atomic E-state index is 0.0734. The summed E-state index contributed by atoms with van der Waals surface area (Å²) in [6.45, 7) is 5.22. The molecule has 1 aromatic carbocycles. The van der Waals surface area contributed by atoms with Gasteiger partial charge in [0.2, 0.25) is 0 Å². The van der Waals surface area contributed by atoms with Gasteiger partial charge in [-0.1, -0.05) is 19.9 Å². The standard InChI is InChI=1S/C15H22N2O/c1-3-11(4-2)17-15(18)13-7-5-9-14-12(13)8-6-10-16-14/h5,7,9,11,16H,3-4,6,8,10H2,1-2H3,(H,17,18). The van der Waals surface area contributed by atoms with Crippen molar-refractivity contribution >= 4 is 11.6 Å². The van der Waals surface area contributed by atoms with Crippen LogP contribution in [0.2, 0.25) is 0 Å². The third kappa shape index (κ3) is 2.66. The van der Waals surface area contributed by atoms with Crippen LogP contribution in [0, 0.1) is 0 Å². The van der Waals surface area contributed by atoms with Crippen molar-refractivity contribution in [2.24, 2.45) is 0 Å². The van der Waals surface area contributed by atoms with Crippen molar-refractivity contribution in [1.29, 1.82) is 0 Å². The van der Waals surface area contributed by atoms with Crippen LogP contribution in [-0.4, -0.2) is 18.5 Å². The van der Waals surface area contributed by atoms with Crippen LogP contribution < -0.4 is 10.6 Å². The van der Waals surface area contributed by atoms with Gasteiger partial charge in [0.05, 0.1) is 0 Å². The van der Waals surface area contributed by atoms with E-state index < -0.39 is 0 Å². The average Bonchev–Trinajstić information content (AvgIpc) is 2.43. The summed E-state index contributed by atoms with van der Waals surface area (Å²) in [4.78, 5) is 12.3. The molecule has 3 nitrogen and oxygen atoms in total. The summed E-state index contributed by atoms with van der Waals surface area (Å²) >= 11 is 0. The van der Waals surface area contributed by atoms with E-state index in [2.05, 4.69) is 30.5 Å². The molecule has 2 rings (SSSR count). The molecular weight excluding hydrogens is 224 g/mol. The highest BCUT2D eigenvalue weighted by Gasteiger charge is 2.18. The zero-order valence-corrected chi connectivity index (χ0v) is 11.3. The van der Waals surface area contributed by atoms with Crippen LogP contribution in [0.3, 0.4) is 0 Å². The first-order valence-corrected chi connectivity index (χ1v) is 6.92. The minimum Gasteiger partial charge on any atom is -0.385 e. The maximum absolute atomic E-state index is 12.3. The first-order chi connectivity index (χ1) is 8.76. The smallest absolute Gasteiger partial charge is 0.251 e. The Kier molecular flexibility index (Phi) is 4.24. The van der Waals surface area contributed by atoms with Gasteiger partial charge in [0.1, 0.15) is 0 Å². The van der Waals surface area contributed by atoms with E-state index in [-0.39, 0.29) is 11.9 Å². The maximum Gasteiger partial charge on any atom is 0.251 e. The molecule has 0 saturated heterocycles. The van der Waals surface area contributed by atoms with E-state index in [0.717, 1.165) is 43.5 Å². The molecule has 0 aliphatic carbocycles. The van der Waals surface area contributed by atoms with Crippen LogP contribution in [0.1, 0.15) is 49.0 Å². The summed E-state index contributed by atoms with van der Waals surface area (Å²) in [5, 5.41) is 6.48. The largest absolute Gasteiger partial charge is 0.385 e. The van der Waals surface area contributed by atoms with Gasteiger partial charge in [-0.05, 0) is 43.4 Å². The third-order valence-electron chi connectivity index (χ3n) is 3.66. The van der Waals surface area contributed by atoms with Gasteiger partial charge in [-0.3, -0.25) is 4.79 Å². The lowest BCUT2D eigenvalue weighted by Crippen LogP contribution is -2.34. The van der Waals surface area contributed by atoms with E-state index in [1.165, 1.54) is 5.56 Å². The topological polar surface area (TPSA) is 41.1 Å². The molecule has 1 amide bonds. The summed E-state index contributed by atoms with van der Waals surface area (Å²) in [6.07, 6.45) is 4.06. The van der Waals surface area contributed by atoms with Crippen molar-refractivity contribution in [2.45, 2.75) is 45.6 Å². The van der Waals surface area contributed by atoms with E-state index in [1.807, 2.05) is 12.1 Å². The second-order valence-electron chi connectivity index (χ2n) is 4.85. The summed E-state index contributed by atoms with van der Waals surface area (Å²) in [6, 6.07) is 6.23. The zero-order valence-electron chi connectivity index (χ0n) is 11.3. The second kappa shape index (κ2) is 5.89. The summed E-state index contributed by atoms with van der Waals surface area (Å²) in [5.74, 6) is 0.0734. The Morgan fingerprint density at radius 3 is 2.89 bits per heavy atom. The molecule has 1 aromatic rings. The third-order valence-corrected chi connectivity index (χ3v) is 3.66. The van der Waals surface area contributed by atoms with Gasteiger partial charge in [0.25, 0.3) is 5.91 Å². The first-order valence-electron chi connectivity index (χ1n) is 6.92. The van der Waals surface area contributed by atoms with Gasteiger partial charge in [0.15, 0.2) is 0 Å². The molecule has 98 valence electrons. The fourth-order valence-corrected chi connectivity index (χ4v) is 2.48. The molecule has 1 aliphatic rings. The fraction of sp³-hybridized carbons (Fsp3) is 0.533. The number of fused-ring (bicyclic) bond motifs is 1. The van der Waals surface area contributed by atoms with E-state index in [0.29, 0.717) is 0 Å². The lowest BCUT2D eigenvalue weighted by atomic mass is 9.97. The molecule has 0 spiro atoms. The zero-order chi connectivity index (χ0) is 13.0. The average molecular weight is 246 g/mol. The lowest BCUT2D eigenvalue weighted by Gasteiger charge is -2.22. The molecular formula is C15H22N2O. The molecule has 2 N–H and O–H groups in total. The number of hydrogen-bond acceptors (Lipinski definition) is 2. The van der Waals surface area contributed by atoms with Crippen LogP contribution in [0.25, 0.3) is 0 Å². The molecule has 0 bridgehead atoms. The van der Waals surface area contributed by atoms with Gasteiger partial charge in [-0.25, -0.2) is 0 Å². The minimum absolute atomic E-state index is 0.0734. The Morgan fingerprint density at radius 1 is 1.39 bits per heavy atom. The summed E-state index contributed by atoms with van der Waals surface area (Å²) in [5.41, 5.74) is 3.14. The molecule has 18 heavy (non-hydrogen) atoms. The van der Waals surface area contributed by atoms with E-state index >= 15 is 0 Å². The second-order valence-corrected chi connectivity index (χ2v) is 4.85. The normalized spacial score (nSPS) is 13.9. The predicted octanol–water partition coefficient (Wildman–Crippen LogP) is 2.96. The van der Waals surface area contributed by atoms with E-state index in [9.17, 15) is 4.79 Å². The molecule has 0 saturated carbocycles. The Morgan fingerprint density at radius 2 is 2.17 bits per heavy atom. The molecule has 0 radical (unpaired) electrons. The molecule has 0 atom stereocenters. The SMILES string of the molecule is CCC(CC)NC(=O)c1cccc2c1CCCN2. The van der Waals surface area contributed by atoms with Crippen molar-refractivity contribution < 1.29 is 4.79 Å². The van der Waals surface area contributed by atoms with Crippen molar-refractivity contribution in [1.82, 2.24) is 5.32 Å². The summed E-state index contributed by atoms with van der Waals surface area (Å²) in [7, 11) is 0. The number of rotatable bonds is 4. The molecule has 1 heterocycles. The van der Waals surface area contributed by atoms with Crippen molar-refractivity contribution in [2.75, 3.05) is 11.9 Å². The number of nitrogens with one attached hydrogen (secondary N) is 2. The molecule has 0 unspecified atom stereocenters. The lowest BCUT2D eigenvalue weighted by molar-refractivity contribution is 0.0934. The predicted molar refractivity (Wildman–Crippen MR) is 75.1 cm³/mol. The van der Waals surface area contributed by atoms with E-state index in [1.54, 1.807) is 0 Å². The molecule has 0 aromatic heterocycles. The van der Waals surface area contributed by atoms with Gasteiger partial charge >= 0.3 is 0 Å².